The minimum atomic E-state index is 0.155. The zero-order chi connectivity index (χ0) is 13.7. The van der Waals surface area contributed by atoms with Gasteiger partial charge in [-0.05, 0) is 32.4 Å². The van der Waals surface area contributed by atoms with E-state index in [2.05, 4.69) is 25.4 Å². The van der Waals surface area contributed by atoms with Crippen molar-refractivity contribution in [2.75, 3.05) is 13.2 Å². The maximum Gasteiger partial charge on any atom is 0.166 e. The number of allylic oxidation sites excluding steroid dienone is 3. The van der Waals surface area contributed by atoms with Crippen LogP contribution in [0.5, 0.6) is 0 Å². The molecule has 3 nitrogen and oxygen atoms in total. The molecule has 1 N–H and O–H groups in total. The van der Waals surface area contributed by atoms with E-state index in [0.717, 1.165) is 36.5 Å². The number of nitrogens with one attached hydrogen (secondary N) is 1. The summed E-state index contributed by atoms with van der Waals surface area (Å²) in [5.41, 5.74) is 1.12. The Bertz CT molecular complexity index is 403. The van der Waals surface area contributed by atoms with Gasteiger partial charge in [-0.25, -0.2) is 0 Å². The lowest BCUT2D eigenvalue weighted by Gasteiger charge is -2.21. The first kappa shape index (κ1) is 13.9. The molecule has 2 atom stereocenters. The van der Waals surface area contributed by atoms with Crippen molar-refractivity contribution < 1.29 is 9.47 Å². The minimum absolute atomic E-state index is 0.155. The summed E-state index contributed by atoms with van der Waals surface area (Å²) in [5.74, 6) is 1.56. The van der Waals surface area contributed by atoms with Gasteiger partial charge in [0.1, 0.15) is 0 Å². The number of hydrogen-bond acceptors (Lipinski definition) is 3. The first-order chi connectivity index (χ1) is 9.26. The van der Waals surface area contributed by atoms with E-state index in [-0.39, 0.29) is 6.10 Å². The molecule has 1 fully saturated rings. The highest BCUT2D eigenvalue weighted by Gasteiger charge is 2.27. The largest absolute Gasteiger partial charge is 0.490 e. The lowest BCUT2D eigenvalue weighted by atomic mass is 10.0. The molecule has 19 heavy (non-hydrogen) atoms. The van der Waals surface area contributed by atoms with Crippen molar-refractivity contribution >= 4 is 0 Å². The molecule has 0 spiro atoms. The van der Waals surface area contributed by atoms with E-state index < -0.39 is 0 Å². The van der Waals surface area contributed by atoms with Gasteiger partial charge in [-0.1, -0.05) is 25.3 Å². The van der Waals surface area contributed by atoms with Crippen LogP contribution in [0.2, 0.25) is 0 Å². The normalized spacial score (nSPS) is 28.4. The topological polar surface area (TPSA) is 30.5 Å². The van der Waals surface area contributed by atoms with Crippen molar-refractivity contribution in [1.29, 1.82) is 0 Å². The van der Waals surface area contributed by atoms with E-state index in [1.807, 2.05) is 12.2 Å². The van der Waals surface area contributed by atoms with Crippen molar-refractivity contribution in [2.45, 2.75) is 38.3 Å². The van der Waals surface area contributed by atoms with E-state index >= 15 is 0 Å². The molecule has 2 heterocycles. The molecule has 2 aliphatic heterocycles. The molecule has 0 aromatic heterocycles. The van der Waals surface area contributed by atoms with E-state index in [4.69, 9.17) is 9.47 Å². The molecule has 2 aliphatic rings. The molecule has 2 unspecified atom stereocenters. The third-order valence-electron chi connectivity index (χ3n) is 3.51. The maximum atomic E-state index is 6.07. The molecule has 0 aromatic carbocycles. The molecule has 0 aliphatic carbocycles. The Kier molecular flexibility index (Phi) is 4.86. The predicted octanol–water partition coefficient (Wildman–Crippen LogP) is 3.07. The summed E-state index contributed by atoms with van der Waals surface area (Å²) < 4.78 is 11.8. The van der Waals surface area contributed by atoms with Crippen molar-refractivity contribution in [3.8, 4) is 0 Å². The molecule has 0 bridgehead atoms. The molecule has 104 valence electrons. The second kappa shape index (κ2) is 6.62. The van der Waals surface area contributed by atoms with Gasteiger partial charge < -0.3 is 14.8 Å². The van der Waals surface area contributed by atoms with Gasteiger partial charge in [0.05, 0.1) is 12.7 Å². The van der Waals surface area contributed by atoms with Gasteiger partial charge in [0.25, 0.3) is 0 Å². The van der Waals surface area contributed by atoms with Gasteiger partial charge in [-0.2, -0.15) is 0 Å². The molecule has 0 saturated carbocycles. The summed E-state index contributed by atoms with van der Waals surface area (Å²) in [6.07, 6.45) is 8.91. The van der Waals surface area contributed by atoms with Gasteiger partial charge in [0.15, 0.2) is 11.5 Å². The Morgan fingerprint density at radius 2 is 2.21 bits per heavy atom. The summed E-state index contributed by atoms with van der Waals surface area (Å²) in [4.78, 5) is 0. The van der Waals surface area contributed by atoms with Crippen LogP contribution in [-0.4, -0.2) is 25.3 Å². The summed E-state index contributed by atoms with van der Waals surface area (Å²) in [6.45, 7) is 11.4. The van der Waals surface area contributed by atoms with Crippen LogP contribution in [0.4, 0.5) is 0 Å². The van der Waals surface area contributed by atoms with Gasteiger partial charge in [0, 0.05) is 18.0 Å². The fourth-order valence-electron chi connectivity index (χ4n) is 2.51. The molecule has 0 amide bonds. The first-order valence-electron chi connectivity index (χ1n) is 6.98. The van der Waals surface area contributed by atoms with Crippen LogP contribution in [-0.2, 0) is 9.47 Å². The van der Waals surface area contributed by atoms with Gasteiger partial charge in [-0.3, -0.25) is 0 Å². The summed E-state index contributed by atoms with van der Waals surface area (Å²) >= 11 is 0. The summed E-state index contributed by atoms with van der Waals surface area (Å²) in [6, 6.07) is 0.317. The van der Waals surface area contributed by atoms with Crippen LogP contribution in [0, 0.1) is 0 Å². The minimum Gasteiger partial charge on any atom is -0.490 e. The molecule has 1 saturated heterocycles. The number of rotatable bonds is 4. The zero-order valence-corrected chi connectivity index (χ0v) is 11.7. The predicted molar refractivity (Wildman–Crippen MR) is 77.6 cm³/mol. The van der Waals surface area contributed by atoms with Gasteiger partial charge in [-0.15, -0.1) is 0 Å². The summed E-state index contributed by atoms with van der Waals surface area (Å²) in [5, 5.41) is 3.50. The monoisotopic (exact) mass is 261 g/mol. The Balaban J connectivity index is 2.35. The van der Waals surface area contributed by atoms with E-state index in [1.54, 1.807) is 6.08 Å². The van der Waals surface area contributed by atoms with Crippen LogP contribution in [0.25, 0.3) is 0 Å². The average Bonchev–Trinajstić information content (AvgIpc) is 2.86. The lowest BCUT2D eigenvalue weighted by Crippen LogP contribution is -2.26. The van der Waals surface area contributed by atoms with Crippen molar-refractivity contribution in [3.63, 3.8) is 0 Å². The highest BCUT2D eigenvalue weighted by atomic mass is 16.5. The summed E-state index contributed by atoms with van der Waals surface area (Å²) in [7, 11) is 0. The molecule has 2 rings (SSSR count). The quantitative estimate of drug-likeness (QED) is 0.789. The van der Waals surface area contributed by atoms with E-state index in [9.17, 15) is 0 Å². The van der Waals surface area contributed by atoms with Crippen LogP contribution in [0.3, 0.4) is 0 Å². The molecular formula is C16H23NO2. The fourth-order valence-corrected chi connectivity index (χ4v) is 2.51. The van der Waals surface area contributed by atoms with Crippen molar-refractivity contribution in [3.05, 3.63) is 48.5 Å². The Labute approximate surface area is 115 Å². The second-order valence-electron chi connectivity index (χ2n) is 4.97. The number of hydrogen-bond donors (Lipinski definition) is 1. The van der Waals surface area contributed by atoms with E-state index in [0.29, 0.717) is 12.6 Å². The zero-order valence-electron chi connectivity index (χ0n) is 11.7. The Morgan fingerprint density at radius 1 is 1.37 bits per heavy atom. The SMILES string of the molecule is C=C/C=C(\C1=C(C=C)OCCC(C)O1)C1CCCN1. The molecule has 0 radical (unpaired) electrons. The highest BCUT2D eigenvalue weighted by Crippen LogP contribution is 2.29. The van der Waals surface area contributed by atoms with Gasteiger partial charge >= 0.3 is 0 Å². The fraction of sp³-hybridized carbons (Fsp3) is 0.500. The molecule has 3 heteroatoms. The smallest absolute Gasteiger partial charge is 0.166 e. The third kappa shape index (κ3) is 3.29. The Hall–Kier alpha value is -1.48. The standard InChI is InChI=1S/C16H23NO2/c1-4-7-13(14-8-6-10-17-14)16-15(5-2)18-11-9-12(3)19-16/h4-5,7,12,14,17H,1-2,6,8-11H2,3H3/b13-7-. The molecule has 0 aromatic rings. The van der Waals surface area contributed by atoms with Crippen LogP contribution < -0.4 is 5.32 Å². The van der Waals surface area contributed by atoms with Crippen molar-refractivity contribution in [2.24, 2.45) is 0 Å². The maximum absolute atomic E-state index is 6.07. The van der Waals surface area contributed by atoms with E-state index in [1.165, 1.54) is 6.42 Å². The number of ether oxygens (including phenoxy) is 2. The van der Waals surface area contributed by atoms with Crippen molar-refractivity contribution in [1.82, 2.24) is 5.32 Å². The van der Waals surface area contributed by atoms with Crippen LogP contribution in [0.15, 0.2) is 48.5 Å². The van der Waals surface area contributed by atoms with Crippen LogP contribution >= 0.6 is 0 Å². The Morgan fingerprint density at radius 3 is 2.84 bits per heavy atom. The third-order valence-corrected chi connectivity index (χ3v) is 3.51. The van der Waals surface area contributed by atoms with Gasteiger partial charge in [0.2, 0.25) is 0 Å². The first-order valence-corrected chi connectivity index (χ1v) is 6.98. The second-order valence-corrected chi connectivity index (χ2v) is 4.97. The molecular weight excluding hydrogens is 238 g/mol. The van der Waals surface area contributed by atoms with Crippen LogP contribution in [0.1, 0.15) is 26.2 Å². The lowest BCUT2D eigenvalue weighted by molar-refractivity contribution is 0.130. The highest BCUT2D eigenvalue weighted by molar-refractivity contribution is 5.39. The average molecular weight is 261 g/mol.